The number of carbonyl (C=O) groups is 1. The van der Waals surface area contributed by atoms with Crippen molar-refractivity contribution >= 4 is 13.8 Å². The van der Waals surface area contributed by atoms with E-state index in [1.807, 2.05) is 0 Å². The topological polar surface area (TPSA) is 29.1 Å². The molecule has 0 spiro atoms. The van der Waals surface area contributed by atoms with E-state index in [4.69, 9.17) is 0 Å². The molecule has 0 bridgehead atoms. The van der Waals surface area contributed by atoms with Gasteiger partial charge in [-0.05, 0) is 12.5 Å². The molecular formula is C8H16BNO. The van der Waals surface area contributed by atoms with Crippen LogP contribution in [0, 0.1) is 0 Å². The second-order valence-electron chi connectivity index (χ2n) is 2.56. The molecule has 0 rings (SSSR count). The van der Waals surface area contributed by atoms with E-state index >= 15 is 0 Å². The highest BCUT2D eigenvalue weighted by atomic mass is 16.1. The number of nitrogens with one attached hydrogen (secondary N) is 1. The number of rotatable bonds is 6. The zero-order valence-corrected chi connectivity index (χ0v) is 7.23. The van der Waals surface area contributed by atoms with E-state index < -0.39 is 0 Å². The molecule has 0 unspecified atom stereocenters. The zero-order chi connectivity index (χ0) is 8.53. The van der Waals surface area contributed by atoms with E-state index in [9.17, 15) is 4.79 Å². The molecule has 0 aliphatic carbocycles. The zero-order valence-electron chi connectivity index (χ0n) is 7.23. The average molecular weight is 153 g/mol. The molecule has 3 heteroatoms. The van der Waals surface area contributed by atoms with E-state index in [0.717, 1.165) is 13.0 Å². The first-order valence-corrected chi connectivity index (χ1v) is 4.21. The monoisotopic (exact) mass is 153 g/mol. The molecule has 0 aliphatic heterocycles. The van der Waals surface area contributed by atoms with Gasteiger partial charge in [0.2, 0.25) is 5.91 Å². The Bertz CT molecular complexity index is 125. The number of amides is 1. The highest BCUT2D eigenvalue weighted by molar-refractivity contribution is 6.08. The molecule has 2 nitrogen and oxygen atoms in total. The summed E-state index contributed by atoms with van der Waals surface area (Å²) < 4.78 is 0. The Morgan fingerprint density at radius 1 is 1.45 bits per heavy atom. The Kier molecular flexibility index (Phi) is 6.90. The summed E-state index contributed by atoms with van der Waals surface area (Å²) in [5.74, 6) is -0.0681. The number of hydrogen-bond acceptors (Lipinski definition) is 1. The maximum atomic E-state index is 10.6. The van der Waals surface area contributed by atoms with E-state index in [2.05, 4.69) is 19.7 Å². The molecule has 0 aromatic rings. The summed E-state index contributed by atoms with van der Waals surface area (Å²) in [4.78, 5) is 10.6. The maximum absolute atomic E-state index is 10.6. The first kappa shape index (κ1) is 10.3. The molecule has 0 atom stereocenters. The van der Waals surface area contributed by atoms with Crippen molar-refractivity contribution < 1.29 is 4.79 Å². The Labute approximate surface area is 69.5 Å². The van der Waals surface area contributed by atoms with Crippen LogP contribution in [0.5, 0.6) is 0 Å². The van der Waals surface area contributed by atoms with E-state index in [0.29, 0.717) is 0 Å². The average Bonchev–Trinajstić information content (AvgIpc) is 2.04. The van der Waals surface area contributed by atoms with Gasteiger partial charge in [0.1, 0.15) is 7.85 Å². The Hall–Kier alpha value is -0.725. The van der Waals surface area contributed by atoms with Gasteiger partial charge in [0.05, 0.1) is 0 Å². The maximum Gasteiger partial charge on any atom is 0.243 e. The normalized spacial score (nSPS) is 9.09. The van der Waals surface area contributed by atoms with Crippen molar-refractivity contribution in [1.82, 2.24) is 5.32 Å². The van der Waals surface area contributed by atoms with Crippen LogP contribution < -0.4 is 5.32 Å². The summed E-state index contributed by atoms with van der Waals surface area (Å²) in [7, 11) is 2.17. The van der Waals surface area contributed by atoms with Crippen molar-refractivity contribution in [2.75, 3.05) is 6.54 Å². The lowest BCUT2D eigenvalue weighted by atomic mass is 9.99. The fraction of sp³-hybridized carbons (Fsp3) is 0.625. The van der Waals surface area contributed by atoms with Crippen LogP contribution in [0.25, 0.3) is 0 Å². The van der Waals surface area contributed by atoms with Gasteiger partial charge in [-0.1, -0.05) is 25.7 Å². The van der Waals surface area contributed by atoms with Crippen molar-refractivity contribution in [2.24, 2.45) is 0 Å². The van der Waals surface area contributed by atoms with Gasteiger partial charge >= 0.3 is 0 Å². The van der Waals surface area contributed by atoms with Crippen LogP contribution in [0.2, 0.25) is 6.32 Å². The quantitative estimate of drug-likeness (QED) is 0.336. The van der Waals surface area contributed by atoms with Crippen LogP contribution in [0.1, 0.15) is 19.3 Å². The minimum atomic E-state index is -0.0681. The molecule has 0 aromatic carbocycles. The molecule has 0 aliphatic rings. The number of carbonyl (C=O) groups excluding carboxylic acids is 1. The minimum Gasteiger partial charge on any atom is -0.353 e. The molecule has 0 heterocycles. The van der Waals surface area contributed by atoms with Crippen LogP contribution >= 0.6 is 0 Å². The number of unbranched alkanes of at least 4 members (excludes halogenated alkanes) is 2. The predicted octanol–water partition coefficient (Wildman–Crippen LogP) is 0.510. The second kappa shape index (κ2) is 7.38. The van der Waals surface area contributed by atoms with Gasteiger partial charge in [-0.15, -0.1) is 0 Å². The standard InChI is InChI=1S/C8H16BNO/c1-2-8(11)10-7-5-3-4-6-9/h2H,1,3-7,9H2,(H,10,11). The first-order valence-electron chi connectivity index (χ1n) is 4.21. The van der Waals surface area contributed by atoms with E-state index in [-0.39, 0.29) is 5.91 Å². The van der Waals surface area contributed by atoms with Crippen molar-refractivity contribution in [3.63, 3.8) is 0 Å². The molecule has 0 radical (unpaired) electrons. The first-order chi connectivity index (χ1) is 5.31. The van der Waals surface area contributed by atoms with Gasteiger partial charge in [0.15, 0.2) is 0 Å². The van der Waals surface area contributed by atoms with Gasteiger partial charge in [0.25, 0.3) is 0 Å². The molecule has 1 N–H and O–H groups in total. The molecular weight excluding hydrogens is 137 g/mol. The third-order valence-electron chi connectivity index (χ3n) is 1.51. The summed E-state index contributed by atoms with van der Waals surface area (Å²) >= 11 is 0. The molecule has 0 saturated heterocycles. The van der Waals surface area contributed by atoms with Crippen LogP contribution in [-0.2, 0) is 4.79 Å². The van der Waals surface area contributed by atoms with Crippen molar-refractivity contribution in [3.05, 3.63) is 12.7 Å². The van der Waals surface area contributed by atoms with Crippen molar-refractivity contribution in [1.29, 1.82) is 0 Å². The van der Waals surface area contributed by atoms with Crippen molar-refractivity contribution in [2.45, 2.75) is 25.6 Å². The predicted molar refractivity (Wildman–Crippen MR) is 50.4 cm³/mol. The van der Waals surface area contributed by atoms with E-state index in [1.54, 1.807) is 0 Å². The molecule has 0 fully saturated rings. The fourth-order valence-corrected chi connectivity index (χ4v) is 0.836. The molecule has 1 amide bonds. The van der Waals surface area contributed by atoms with Gasteiger partial charge in [-0.3, -0.25) is 4.79 Å². The van der Waals surface area contributed by atoms with Gasteiger partial charge < -0.3 is 5.32 Å². The van der Waals surface area contributed by atoms with Gasteiger partial charge in [-0.25, -0.2) is 0 Å². The summed E-state index contributed by atoms with van der Waals surface area (Å²) in [6, 6.07) is 0. The van der Waals surface area contributed by atoms with Gasteiger partial charge in [0, 0.05) is 6.54 Å². The Balaban J connectivity index is 3.01. The summed E-state index contributed by atoms with van der Waals surface area (Å²) in [6.07, 6.45) is 6.07. The van der Waals surface area contributed by atoms with Crippen molar-refractivity contribution in [3.8, 4) is 0 Å². The highest BCUT2D eigenvalue weighted by Crippen LogP contribution is 1.95. The number of hydrogen-bond donors (Lipinski definition) is 1. The SMILES string of the molecule is BCCCCCNC(=O)C=C. The summed E-state index contributed by atoms with van der Waals surface area (Å²) in [5.41, 5.74) is 0. The molecule has 0 aromatic heterocycles. The smallest absolute Gasteiger partial charge is 0.243 e. The van der Waals surface area contributed by atoms with Crippen LogP contribution in [-0.4, -0.2) is 20.3 Å². The molecule has 11 heavy (non-hydrogen) atoms. The summed E-state index contributed by atoms with van der Waals surface area (Å²) in [5, 5.41) is 2.73. The lowest BCUT2D eigenvalue weighted by Gasteiger charge is -2.00. The third-order valence-corrected chi connectivity index (χ3v) is 1.51. The van der Waals surface area contributed by atoms with E-state index in [1.165, 1.54) is 25.2 Å². The van der Waals surface area contributed by atoms with Gasteiger partial charge in [-0.2, -0.15) is 0 Å². The lowest BCUT2D eigenvalue weighted by molar-refractivity contribution is -0.116. The fourth-order valence-electron chi connectivity index (χ4n) is 0.836. The Morgan fingerprint density at radius 2 is 2.18 bits per heavy atom. The minimum absolute atomic E-state index is 0.0681. The summed E-state index contributed by atoms with van der Waals surface area (Å²) in [6.45, 7) is 4.15. The third kappa shape index (κ3) is 7.17. The lowest BCUT2D eigenvalue weighted by Crippen LogP contribution is -2.21. The highest BCUT2D eigenvalue weighted by Gasteiger charge is 1.91. The Morgan fingerprint density at radius 3 is 2.73 bits per heavy atom. The van der Waals surface area contributed by atoms with Crippen LogP contribution in [0.3, 0.4) is 0 Å². The van der Waals surface area contributed by atoms with Crippen LogP contribution in [0.15, 0.2) is 12.7 Å². The molecule has 62 valence electrons. The van der Waals surface area contributed by atoms with Crippen LogP contribution in [0.4, 0.5) is 0 Å². The molecule has 0 saturated carbocycles. The second-order valence-corrected chi connectivity index (χ2v) is 2.56. The largest absolute Gasteiger partial charge is 0.353 e.